The molecule has 6 nitrogen and oxygen atoms in total. The smallest absolute Gasteiger partial charge is 0.258 e. The average molecular weight is 367 g/mol. The Morgan fingerprint density at radius 1 is 1.15 bits per heavy atom. The van der Waals surface area contributed by atoms with Crippen molar-refractivity contribution in [2.45, 2.75) is 26.5 Å². The molecule has 0 radical (unpaired) electrons. The molecular formula is C21H25N3O3. The van der Waals surface area contributed by atoms with E-state index < -0.39 is 6.10 Å². The van der Waals surface area contributed by atoms with Gasteiger partial charge in [0.15, 0.2) is 0 Å². The quantitative estimate of drug-likeness (QED) is 0.670. The van der Waals surface area contributed by atoms with E-state index in [1.807, 2.05) is 62.2 Å². The number of likely N-dealkylation sites (N-methyl/N-ethyl adjacent to an activating group) is 1. The lowest BCUT2D eigenvalue weighted by atomic mass is 10.1. The number of nitrogens with zero attached hydrogens (tertiary/aromatic N) is 2. The Hall–Kier alpha value is -2.70. The molecule has 2 aromatic carbocycles. The van der Waals surface area contributed by atoms with E-state index in [0.29, 0.717) is 29.8 Å². The van der Waals surface area contributed by atoms with Crippen molar-refractivity contribution in [1.82, 2.24) is 14.9 Å². The van der Waals surface area contributed by atoms with Crippen LogP contribution in [-0.2, 0) is 6.54 Å². The zero-order chi connectivity index (χ0) is 19.4. The van der Waals surface area contributed by atoms with Crippen molar-refractivity contribution in [3.05, 3.63) is 69.8 Å². The van der Waals surface area contributed by atoms with Crippen LogP contribution < -0.4 is 10.3 Å². The van der Waals surface area contributed by atoms with Gasteiger partial charge in [-0.15, -0.1) is 0 Å². The number of fused-ring (bicyclic) bond motifs is 1. The molecule has 0 bridgehead atoms. The van der Waals surface area contributed by atoms with Gasteiger partial charge in [-0.1, -0.05) is 30.3 Å². The Kier molecular flexibility index (Phi) is 5.88. The molecule has 0 aliphatic rings. The minimum absolute atomic E-state index is 0.150. The van der Waals surface area contributed by atoms with Crippen molar-refractivity contribution in [1.29, 1.82) is 0 Å². The van der Waals surface area contributed by atoms with Crippen LogP contribution in [0.1, 0.15) is 17.0 Å². The SMILES string of the molecule is Cc1cccc(C)c1OCC(O)CN(C)Cc1nc2ccccc2c(=O)[nH]1. The lowest BCUT2D eigenvalue weighted by Gasteiger charge is -2.21. The Morgan fingerprint density at radius 3 is 2.59 bits per heavy atom. The number of rotatable bonds is 7. The van der Waals surface area contributed by atoms with Gasteiger partial charge in [0.2, 0.25) is 0 Å². The monoisotopic (exact) mass is 367 g/mol. The molecule has 1 aromatic heterocycles. The van der Waals surface area contributed by atoms with E-state index in [2.05, 4.69) is 9.97 Å². The zero-order valence-corrected chi connectivity index (χ0v) is 15.9. The number of hydrogen-bond acceptors (Lipinski definition) is 5. The topological polar surface area (TPSA) is 78.5 Å². The Bertz CT molecular complexity index is 964. The van der Waals surface area contributed by atoms with Gasteiger partial charge in [0.25, 0.3) is 5.56 Å². The molecule has 6 heteroatoms. The number of aliphatic hydroxyl groups excluding tert-OH is 1. The summed E-state index contributed by atoms with van der Waals surface area (Å²) in [7, 11) is 1.87. The summed E-state index contributed by atoms with van der Waals surface area (Å²) in [6.07, 6.45) is -0.652. The number of aromatic amines is 1. The highest BCUT2D eigenvalue weighted by Crippen LogP contribution is 2.22. The maximum atomic E-state index is 12.1. The molecule has 0 saturated carbocycles. The van der Waals surface area contributed by atoms with Gasteiger partial charge in [0.1, 0.15) is 24.3 Å². The second-order valence-corrected chi connectivity index (χ2v) is 6.91. The molecular weight excluding hydrogens is 342 g/mol. The average Bonchev–Trinajstić information content (AvgIpc) is 2.61. The summed E-state index contributed by atoms with van der Waals surface area (Å²) in [5, 5.41) is 10.9. The van der Waals surface area contributed by atoms with Crippen LogP contribution in [-0.4, -0.2) is 46.3 Å². The van der Waals surface area contributed by atoms with Gasteiger partial charge < -0.3 is 14.8 Å². The van der Waals surface area contributed by atoms with Gasteiger partial charge >= 0.3 is 0 Å². The predicted octanol–water partition coefficient (Wildman–Crippen LogP) is 2.41. The molecule has 27 heavy (non-hydrogen) atoms. The molecule has 0 spiro atoms. The van der Waals surface area contributed by atoms with Crippen LogP contribution in [0.2, 0.25) is 0 Å². The minimum Gasteiger partial charge on any atom is -0.490 e. The molecule has 0 aliphatic carbocycles. The molecule has 1 atom stereocenters. The van der Waals surface area contributed by atoms with Crippen LogP contribution in [0, 0.1) is 13.8 Å². The first-order valence-electron chi connectivity index (χ1n) is 8.97. The molecule has 3 rings (SSSR count). The molecule has 1 heterocycles. The second kappa shape index (κ2) is 8.33. The molecule has 0 saturated heterocycles. The fraction of sp³-hybridized carbons (Fsp3) is 0.333. The molecule has 2 N–H and O–H groups in total. The number of aryl methyl sites for hydroxylation is 2. The van der Waals surface area contributed by atoms with Gasteiger partial charge in [-0.25, -0.2) is 4.98 Å². The van der Waals surface area contributed by atoms with Crippen molar-refractivity contribution < 1.29 is 9.84 Å². The Morgan fingerprint density at radius 2 is 1.85 bits per heavy atom. The highest BCUT2D eigenvalue weighted by atomic mass is 16.5. The molecule has 0 amide bonds. The van der Waals surface area contributed by atoms with E-state index >= 15 is 0 Å². The molecule has 0 fully saturated rings. The van der Waals surface area contributed by atoms with Crippen molar-refractivity contribution in [3.8, 4) is 5.75 Å². The molecule has 3 aromatic rings. The largest absolute Gasteiger partial charge is 0.490 e. The van der Waals surface area contributed by atoms with E-state index in [9.17, 15) is 9.90 Å². The van der Waals surface area contributed by atoms with E-state index in [4.69, 9.17) is 4.74 Å². The molecule has 142 valence electrons. The van der Waals surface area contributed by atoms with Crippen LogP contribution in [0.5, 0.6) is 5.75 Å². The number of ether oxygens (including phenoxy) is 1. The van der Waals surface area contributed by atoms with Crippen LogP contribution in [0.4, 0.5) is 0 Å². The first kappa shape index (κ1) is 19.1. The maximum Gasteiger partial charge on any atom is 0.258 e. The second-order valence-electron chi connectivity index (χ2n) is 6.91. The lowest BCUT2D eigenvalue weighted by molar-refractivity contribution is 0.0732. The van der Waals surface area contributed by atoms with Crippen molar-refractivity contribution in [3.63, 3.8) is 0 Å². The number of para-hydroxylation sites is 2. The first-order chi connectivity index (χ1) is 12.9. The van der Waals surface area contributed by atoms with Crippen LogP contribution in [0.25, 0.3) is 10.9 Å². The van der Waals surface area contributed by atoms with E-state index in [0.717, 1.165) is 16.9 Å². The summed E-state index contributed by atoms with van der Waals surface area (Å²) in [4.78, 5) is 21.3. The van der Waals surface area contributed by atoms with E-state index in [1.54, 1.807) is 6.07 Å². The van der Waals surface area contributed by atoms with Crippen molar-refractivity contribution in [2.75, 3.05) is 20.2 Å². The predicted molar refractivity (Wildman–Crippen MR) is 106 cm³/mol. The summed E-state index contributed by atoms with van der Waals surface area (Å²) in [5.41, 5.74) is 2.62. The van der Waals surface area contributed by atoms with E-state index in [-0.39, 0.29) is 12.2 Å². The zero-order valence-electron chi connectivity index (χ0n) is 15.9. The number of H-pyrrole nitrogens is 1. The van der Waals surface area contributed by atoms with Gasteiger partial charge in [0.05, 0.1) is 17.4 Å². The van der Waals surface area contributed by atoms with Gasteiger partial charge in [0, 0.05) is 6.54 Å². The highest BCUT2D eigenvalue weighted by Gasteiger charge is 2.13. The first-order valence-corrected chi connectivity index (χ1v) is 8.97. The van der Waals surface area contributed by atoms with Gasteiger partial charge in [-0.3, -0.25) is 9.69 Å². The molecule has 1 unspecified atom stereocenters. The van der Waals surface area contributed by atoms with E-state index in [1.165, 1.54) is 0 Å². The Balaban J connectivity index is 1.59. The summed E-state index contributed by atoms with van der Waals surface area (Å²) in [6, 6.07) is 13.2. The maximum absolute atomic E-state index is 12.1. The van der Waals surface area contributed by atoms with Crippen molar-refractivity contribution >= 4 is 10.9 Å². The fourth-order valence-corrected chi connectivity index (χ4v) is 3.15. The third-order valence-electron chi connectivity index (χ3n) is 4.43. The molecule has 0 aliphatic heterocycles. The van der Waals surface area contributed by atoms with Crippen LogP contribution in [0.3, 0.4) is 0 Å². The van der Waals surface area contributed by atoms with Crippen molar-refractivity contribution in [2.24, 2.45) is 0 Å². The third-order valence-corrected chi connectivity index (χ3v) is 4.43. The normalized spacial score (nSPS) is 12.5. The number of benzene rings is 2. The summed E-state index contributed by atoms with van der Waals surface area (Å²) in [6.45, 7) is 5.02. The summed E-state index contributed by atoms with van der Waals surface area (Å²) < 4.78 is 5.81. The Labute approximate surface area is 158 Å². The van der Waals surface area contributed by atoms with Crippen LogP contribution >= 0.6 is 0 Å². The summed E-state index contributed by atoms with van der Waals surface area (Å²) >= 11 is 0. The summed E-state index contributed by atoms with van der Waals surface area (Å²) in [5.74, 6) is 1.39. The lowest BCUT2D eigenvalue weighted by Crippen LogP contribution is -2.33. The number of hydrogen-bond donors (Lipinski definition) is 2. The van der Waals surface area contributed by atoms with Gasteiger partial charge in [-0.05, 0) is 44.2 Å². The minimum atomic E-state index is -0.652. The number of aliphatic hydroxyl groups is 1. The standard InChI is InChI=1S/C21H25N3O3/c1-14-7-6-8-15(2)20(14)27-13-16(25)11-24(3)12-19-22-18-10-5-4-9-17(18)21(26)23-19/h4-10,16,25H,11-13H2,1-3H3,(H,22,23,26). The number of nitrogens with one attached hydrogen (secondary N) is 1. The number of aromatic nitrogens is 2. The fourth-order valence-electron chi connectivity index (χ4n) is 3.15. The van der Waals surface area contributed by atoms with Gasteiger partial charge in [-0.2, -0.15) is 0 Å². The highest BCUT2D eigenvalue weighted by molar-refractivity contribution is 5.77. The van der Waals surface area contributed by atoms with Crippen LogP contribution in [0.15, 0.2) is 47.3 Å². The third kappa shape index (κ3) is 4.72.